The van der Waals surface area contributed by atoms with E-state index in [2.05, 4.69) is 20.1 Å². The van der Waals surface area contributed by atoms with Gasteiger partial charge in [0.1, 0.15) is 17.4 Å². The summed E-state index contributed by atoms with van der Waals surface area (Å²) < 4.78 is 28.5. The quantitative estimate of drug-likeness (QED) is 0.297. The Labute approximate surface area is 153 Å². The minimum atomic E-state index is -3.58. The number of carbonyl (C=O) groups excluding carboxylic acids is 1. The van der Waals surface area contributed by atoms with E-state index in [-0.39, 0.29) is 5.16 Å². The van der Waals surface area contributed by atoms with Gasteiger partial charge in [0.25, 0.3) is 0 Å². The van der Waals surface area contributed by atoms with Gasteiger partial charge in [0.2, 0.25) is 15.0 Å². The van der Waals surface area contributed by atoms with Crippen molar-refractivity contribution in [2.75, 3.05) is 13.4 Å². The zero-order valence-electron chi connectivity index (χ0n) is 14.4. The Bertz CT molecular complexity index is 1280. The van der Waals surface area contributed by atoms with Crippen molar-refractivity contribution in [1.82, 2.24) is 15.0 Å². The number of carbonyl (C=O) groups is 1. The Morgan fingerprint density at radius 3 is 2.67 bits per heavy atom. The minimum Gasteiger partial charge on any atom is -0.465 e. The Hall–Kier alpha value is -3.24. The number of sulfone groups is 1. The Morgan fingerprint density at radius 1 is 1.19 bits per heavy atom. The number of fused-ring (bicyclic) bond motifs is 3. The van der Waals surface area contributed by atoms with Crippen LogP contribution in [0, 0.1) is 0 Å². The van der Waals surface area contributed by atoms with Gasteiger partial charge in [-0.25, -0.2) is 28.2 Å². The van der Waals surface area contributed by atoms with Gasteiger partial charge in [0, 0.05) is 23.2 Å². The van der Waals surface area contributed by atoms with Crippen molar-refractivity contribution in [3.8, 4) is 0 Å². The number of allylic oxidation sites excluding steroid dienone is 1. The lowest BCUT2D eigenvalue weighted by molar-refractivity contribution is -0.589. The molecule has 0 fully saturated rings. The topological polar surface area (TPSA) is 128 Å². The molecule has 0 atom stereocenters. The maximum absolute atomic E-state index is 11.9. The number of pyridine rings is 1. The Balaban J connectivity index is 2.09. The number of nitrogens with zero attached hydrogens (tertiary/aromatic N) is 4. The van der Waals surface area contributed by atoms with Crippen LogP contribution in [-0.2, 0) is 14.6 Å². The standard InChI is InChI=1S/C17H13N5O4S/c1-26-16(23)9-3-4-11-12-8-18-17(27(2,24)25)22-15(12)14(21-13(11)5-9)10-6-19-20-7-10/h3-8H,1-2H3,(H,19,20)/p+1. The van der Waals surface area contributed by atoms with E-state index < -0.39 is 15.8 Å². The van der Waals surface area contributed by atoms with Gasteiger partial charge in [-0.05, 0) is 12.1 Å². The normalized spacial score (nSPS) is 13.9. The predicted octanol–water partition coefficient (Wildman–Crippen LogP) is 0.272. The number of quaternary nitrogens is 1. The van der Waals surface area contributed by atoms with E-state index in [1.54, 1.807) is 36.0 Å². The molecule has 136 valence electrons. The molecule has 0 unspecified atom stereocenters. The van der Waals surface area contributed by atoms with Gasteiger partial charge >= 0.3 is 5.97 Å². The molecule has 27 heavy (non-hydrogen) atoms. The van der Waals surface area contributed by atoms with Crippen LogP contribution in [0.4, 0.5) is 0 Å². The summed E-state index contributed by atoms with van der Waals surface area (Å²) in [7, 11) is -2.27. The first-order valence-corrected chi connectivity index (χ1v) is 9.73. The fourth-order valence-corrected chi connectivity index (χ4v) is 3.32. The maximum Gasteiger partial charge on any atom is 0.337 e. The molecule has 4 rings (SSSR count). The summed E-state index contributed by atoms with van der Waals surface area (Å²) in [6, 6.07) is 4.95. The molecular formula is C17H14N5O4S+. The van der Waals surface area contributed by atoms with Crippen LogP contribution in [0.25, 0.3) is 27.4 Å². The number of nitrogens with two attached hydrogens (primary N) is 1. The summed E-state index contributed by atoms with van der Waals surface area (Å²) in [5, 5.41) is 5.09. The highest BCUT2D eigenvalue weighted by Crippen LogP contribution is 2.29. The maximum atomic E-state index is 11.9. The molecule has 3 aromatic rings. The number of ether oxygens (including phenoxy) is 1. The van der Waals surface area contributed by atoms with Crippen LogP contribution < -0.4 is 5.43 Å². The molecular weight excluding hydrogens is 370 g/mol. The SMILES string of the molecule is COC(=O)c1ccc2c(c1)nc(C1=C[NH2+]N=C1)c1nc(S(C)(=O)=O)ncc12. The summed E-state index contributed by atoms with van der Waals surface area (Å²) in [5.41, 5.74) is 4.05. The van der Waals surface area contributed by atoms with Crippen LogP contribution in [0.2, 0.25) is 0 Å². The van der Waals surface area contributed by atoms with Crippen LogP contribution in [0.1, 0.15) is 16.1 Å². The van der Waals surface area contributed by atoms with Gasteiger partial charge in [-0.2, -0.15) is 5.43 Å². The van der Waals surface area contributed by atoms with E-state index in [1.165, 1.54) is 13.3 Å². The van der Waals surface area contributed by atoms with E-state index >= 15 is 0 Å². The molecule has 9 nitrogen and oxygen atoms in total. The predicted molar refractivity (Wildman–Crippen MR) is 97.7 cm³/mol. The number of rotatable bonds is 3. The molecule has 0 spiro atoms. The van der Waals surface area contributed by atoms with Crippen LogP contribution in [-0.4, -0.2) is 48.9 Å². The molecule has 10 heteroatoms. The van der Waals surface area contributed by atoms with E-state index in [1.807, 2.05) is 0 Å². The highest BCUT2D eigenvalue weighted by atomic mass is 32.2. The monoisotopic (exact) mass is 384 g/mol. The molecule has 0 amide bonds. The highest BCUT2D eigenvalue weighted by Gasteiger charge is 2.20. The van der Waals surface area contributed by atoms with Crippen LogP contribution >= 0.6 is 0 Å². The third-order valence-electron chi connectivity index (χ3n) is 4.09. The van der Waals surface area contributed by atoms with E-state index in [0.29, 0.717) is 38.6 Å². The lowest BCUT2D eigenvalue weighted by Crippen LogP contribution is -2.69. The minimum absolute atomic E-state index is 0.275. The molecule has 0 bridgehead atoms. The smallest absolute Gasteiger partial charge is 0.337 e. The fraction of sp³-hybridized carbons (Fsp3) is 0.118. The Morgan fingerprint density at radius 2 is 2.00 bits per heavy atom. The second-order valence-electron chi connectivity index (χ2n) is 5.92. The first kappa shape index (κ1) is 17.2. The average Bonchev–Trinajstić information content (AvgIpc) is 3.19. The van der Waals surface area contributed by atoms with Gasteiger partial charge < -0.3 is 4.74 Å². The number of hydrogen-bond acceptors (Lipinski definition) is 8. The lowest BCUT2D eigenvalue weighted by Gasteiger charge is -2.09. The molecule has 1 aliphatic rings. The van der Waals surface area contributed by atoms with Gasteiger partial charge in [-0.1, -0.05) is 11.2 Å². The number of benzene rings is 1. The lowest BCUT2D eigenvalue weighted by atomic mass is 10.0. The van der Waals surface area contributed by atoms with Crippen molar-refractivity contribution >= 4 is 49.4 Å². The second kappa shape index (κ2) is 6.18. The number of esters is 1. The number of hydrogen-bond donors (Lipinski definition) is 1. The summed E-state index contributed by atoms with van der Waals surface area (Å²) in [4.78, 5) is 24.7. The van der Waals surface area contributed by atoms with Crippen molar-refractivity contribution in [3.63, 3.8) is 0 Å². The molecule has 0 radical (unpaired) electrons. The van der Waals surface area contributed by atoms with E-state index in [4.69, 9.17) is 4.74 Å². The van der Waals surface area contributed by atoms with Crippen LogP contribution in [0.15, 0.2) is 40.9 Å². The highest BCUT2D eigenvalue weighted by molar-refractivity contribution is 7.90. The second-order valence-corrected chi connectivity index (χ2v) is 7.83. The van der Waals surface area contributed by atoms with Crippen molar-refractivity contribution in [2.45, 2.75) is 5.16 Å². The number of methoxy groups -OCH3 is 1. The molecule has 3 heterocycles. The number of aromatic nitrogens is 3. The summed E-state index contributed by atoms with van der Waals surface area (Å²) in [6.45, 7) is 0. The van der Waals surface area contributed by atoms with Crippen molar-refractivity contribution in [1.29, 1.82) is 0 Å². The summed E-state index contributed by atoms with van der Waals surface area (Å²) in [6.07, 6.45) is 5.87. The summed E-state index contributed by atoms with van der Waals surface area (Å²) in [5.74, 6) is -0.473. The third-order valence-corrected chi connectivity index (χ3v) is 4.95. The first-order valence-electron chi connectivity index (χ1n) is 7.84. The van der Waals surface area contributed by atoms with Crippen molar-refractivity contribution < 1.29 is 23.4 Å². The molecule has 0 saturated carbocycles. The largest absolute Gasteiger partial charge is 0.465 e. The Kier molecular flexibility index (Phi) is 3.93. The van der Waals surface area contributed by atoms with E-state index in [0.717, 1.165) is 6.26 Å². The van der Waals surface area contributed by atoms with Gasteiger partial charge in [-0.3, -0.25) is 0 Å². The average molecular weight is 384 g/mol. The van der Waals surface area contributed by atoms with Gasteiger partial charge in [0.15, 0.2) is 0 Å². The molecule has 2 N–H and O–H groups in total. The summed E-state index contributed by atoms with van der Waals surface area (Å²) >= 11 is 0. The molecule has 2 aromatic heterocycles. The zero-order chi connectivity index (χ0) is 19.2. The first-order chi connectivity index (χ1) is 12.9. The van der Waals surface area contributed by atoms with Gasteiger partial charge in [0.05, 0.1) is 30.0 Å². The van der Waals surface area contributed by atoms with Crippen LogP contribution in [0.5, 0.6) is 0 Å². The molecule has 1 aromatic carbocycles. The molecule has 1 aliphatic heterocycles. The molecule has 0 aliphatic carbocycles. The van der Waals surface area contributed by atoms with Crippen LogP contribution in [0.3, 0.4) is 0 Å². The van der Waals surface area contributed by atoms with Crippen molar-refractivity contribution in [2.24, 2.45) is 5.10 Å². The third kappa shape index (κ3) is 2.94. The molecule has 0 saturated heterocycles. The van der Waals surface area contributed by atoms with E-state index in [9.17, 15) is 13.2 Å². The zero-order valence-corrected chi connectivity index (χ0v) is 15.2. The van der Waals surface area contributed by atoms with Gasteiger partial charge in [-0.15, -0.1) is 0 Å². The van der Waals surface area contributed by atoms with Crippen molar-refractivity contribution in [3.05, 3.63) is 41.9 Å². The fourth-order valence-electron chi connectivity index (χ4n) is 2.82.